The van der Waals surface area contributed by atoms with Crippen molar-refractivity contribution in [3.8, 4) is 0 Å². The number of aryl methyl sites for hydroxylation is 2. The van der Waals surface area contributed by atoms with Crippen molar-refractivity contribution in [2.24, 2.45) is 0 Å². The Morgan fingerprint density at radius 2 is 2.00 bits per heavy atom. The maximum Gasteiger partial charge on any atom is 0.326 e. The highest BCUT2D eigenvalue weighted by atomic mass is 32.1. The van der Waals surface area contributed by atoms with Gasteiger partial charge in [-0.25, -0.2) is 4.79 Å². The average molecular weight is 311 g/mol. The Morgan fingerprint density at radius 3 is 2.52 bits per heavy atom. The summed E-state index contributed by atoms with van der Waals surface area (Å²) >= 11 is 1.49. The lowest BCUT2D eigenvalue weighted by Gasteiger charge is -2.13. The molecule has 1 unspecified atom stereocenters. The molecule has 4 nitrogen and oxygen atoms in total. The molecule has 0 fully saturated rings. The molecule has 1 heterocycles. The number of unbranched alkanes of at least 4 members (excludes halogenated alkanes) is 1. The van der Waals surface area contributed by atoms with E-state index in [1.54, 1.807) is 0 Å². The number of amides is 1. The number of carbonyl (C=O) groups is 2. The van der Waals surface area contributed by atoms with E-state index in [9.17, 15) is 14.7 Å². The molecule has 0 aliphatic carbocycles. The molecule has 1 amide bonds. The fourth-order valence-corrected chi connectivity index (χ4v) is 3.47. The number of rotatable bonds is 9. The summed E-state index contributed by atoms with van der Waals surface area (Å²) in [6.45, 7) is 6.19. The van der Waals surface area contributed by atoms with Crippen LogP contribution in [0.4, 0.5) is 0 Å². The van der Waals surface area contributed by atoms with Gasteiger partial charge in [-0.15, -0.1) is 11.3 Å². The average Bonchev–Trinajstić information content (AvgIpc) is 2.86. The molecule has 118 valence electrons. The minimum absolute atomic E-state index is 0.263. The van der Waals surface area contributed by atoms with E-state index in [0.717, 1.165) is 32.1 Å². The molecule has 5 heteroatoms. The van der Waals surface area contributed by atoms with Crippen molar-refractivity contribution >= 4 is 23.2 Å². The second-order valence-electron chi connectivity index (χ2n) is 5.17. The monoisotopic (exact) mass is 311 g/mol. The van der Waals surface area contributed by atoms with Gasteiger partial charge in [0.25, 0.3) is 5.91 Å². The quantitative estimate of drug-likeness (QED) is 0.731. The smallest absolute Gasteiger partial charge is 0.326 e. The van der Waals surface area contributed by atoms with Crippen LogP contribution >= 0.6 is 11.3 Å². The lowest BCUT2D eigenvalue weighted by Crippen LogP contribution is -2.40. The summed E-state index contributed by atoms with van der Waals surface area (Å²) in [5.74, 6) is -1.22. The first kappa shape index (κ1) is 17.7. The normalized spacial score (nSPS) is 12.1. The number of carbonyl (C=O) groups excluding carboxylic acids is 1. The Hall–Kier alpha value is -1.36. The van der Waals surface area contributed by atoms with E-state index in [4.69, 9.17) is 0 Å². The fraction of sp³-hybridized carbons (Fsp3) is 0.625. The maximum atomic E-state index is 12.2. The highest BCUT2D eigenvalue weighted by Gasteiger charge is 2.21. The Labute approximate surface area is 130 Å². The molecule has 1 atom stereocenters. The molecule has 0 radical (unpaired) electrons. The summed E-state index contributed by atoms with van der Waals surface area (Å²) in [5, 5.41) is 11.8. The second-order valence-corrected chi connectivity index (χ2v) is 6.31. The van der Waals surface area contributed by atoms with Crippen LogP contribution in [0.5, 0.6) is 0 Å². The number of carboxylic acids is 1. The third-order valence-corrected chi connectivity index (χ3v) is 4.66. The Kier molecular flexibility index (Phi) is 7.43. The number of nitrogens with one attached hydrogen (secondary N) is 1. The largest absolute Gasteiger partial charge is 0.480 e. The molecule has 0 spiro atoms. The minimum Gasteiger partial charge on any atom is -0.480 e. The van der Waals surface area contributed by atoms with E-state index in [1.807, 2.05) is 13.0 Å². The molecule has 0 saturated heterocycles. The van der Waals surface area contributed by atoms with Crippen molar-refractivity contribution < 1.29 is 14.7 Å². The zero-order valence-corrected chi connectivity index (χ0v) is 13.9. The van der Waals surface area contributed by atoms with Crippen LogP contribution in [0.15, 0.2) is 6.07 Å². The number of carboxylic acid groups (broad SMARTS) is 1. The fourth-order valence-electron chi connectivity index (χ4n) is 2.21. The van der Waals surface area contributed by atoms with E-state index in [-0.39, 0.29) is 5.91 Å². The molecular formula is C16H25NO3S. The molecule has 2 N–H and O–H groups in total. The van der Waals surface area contributed by atoms with Crippen LogP contribution in [-0.4, -0.2) is 23.0 Å². The van der Waals surface area contributed by atoms with Gasteiger partial charge in [-0.1, -0.05) is 40.0 Å². The lowest BCUT2D eigenvalue weighted by molar-refractivity contribution is -0.139. The first-order chi connectivity index (χ1) is 10.0. The molecular weight excluding hydrogens is 286 g/mol. The third kappa shape index (κ3) is 5.16. The summed E-state index contributed by atoms with van der Waals surface area (Å²) < 4.78 is 0. The summed E-state index contributed by atoms with van der Waals surface area (Å²) in [6.07, 6.45) is 5.10. The topological polar surface area (TPSA) is 66.4 Å². The summed E-state index contributed by atoms with van der Waals surface area (Å²) in [6, 6.07) is 1.11. The summed E-state index contributed by atoms with van der Waals surface area (Å²) in [7, 11) is 0. The Balaban J connectivity index is 2.79. The van der Waals surface area contributed by atoms with Crippen LogP contribution < -0.4 is 5.32 Å². The van der Waals surface area contributed by atoms with Gasteiger partial charge in [0.15, 0.2) is 0 Å². The summed E-state index contributed by atoms with van der Waals surface area (Å²) in [4.78, 5) is 25.3. The predicted molar refractivity (Wildman–Crippen MR) is 86.1 cm³/mol. The van der Waals surface area contributed by atoms with Crippen LogP contribution in [0, 0.1) is 0 Å². The van der Waals surface area contributed by atoms with Gasteiger partial charge in [-0.2, -0.15) is 0 Å². The third-order valence-electron chi connectivity index (χ3n) is 3.43. The van der Waals surface area contributed by atoms with Gasteiger partial charge in [-0.05, 0) is 30.9 Å². The van der Waals surface area contributed by atoms with Crippen LogP contribution in [0.2, 0.25) is 0 Å². The van der Waals surface area contributed by atoms with Gasteiger partial charge in [0, 0.05) is 4.88 Å². The van der Waals surface area contributed by atoms with Gasteiger partial charge < -0.3 is 10.4 Å². The van der Waals surface area contributed by atoms with E-state index < -0.39 is 12.0 Å². The van der Waals surface area contributed by atoms with E-state index >= 15 is 0 Å². The predicted octanol–water partition coefficient (Wildman–Crippen LogP) is 3.64. The lowest BCUT2D eigenvalue weighted by atomic mass is 10.1. The Bertz CT molecular complexity index is 482. The van der Waals surface area contributed by atoms with Gasteiger partial charge >= 0.3 is 5.97 Å². The molecule has 1 aromatic rings. The van der Waals surface area contributed by atoms with Crippen LogP contribution in [0.1, 0.15) is 66.6 Å². The van der Waals surface area contributed by atoms with Crippen molar-refractivity contribution in [1.29, 1.82) is 0 Å². The molecule has 0 aliphatic rings. The van der Waals surface area contributed by atoms with E-state index in [0.29, 0.717) is 11.3 Å². The van der Waals surface area contributed by atoms with Crippen LogP contribution in [0.3, 0.4) is 0 Å². The van der Waals surface area contributed by atoms with Gasteiger partial charge in [0.1, 0.15) is 6.04 Å². The highest BCUT2D eigenvalue weighted by molar-refractivity contribution is 7.14. The van der Waals surface area contributed by atoms with Crippen LogP contribution in [0.25, 0.3) is 0 Å². The number of aliphatic carboxylic acids is 1. The molecule has 1 aromatic heterocycles. The van der Waals surface area contributed by atoms with Crippen molar-refractivity contribution in [1.82, 2.24) is 5.32 Å². The second kappa shape index (κ2) is 8.82. The molecule has 21 heavy (non-hydrogen) atoms. The SMILES string of the molecule is CCCCC(NC(=O)c1cc(CC)c(CCC)s1)C(=O)O. The molecule has 0 bridgehead atoms. The standard InChI is InChI=1S/C16H25NO3S/c1-4-7-9-12(16(19)20)17-15(18)14-10-11(6-3)13(21-14)8-5-2/h10,12H,4-9H2,1-3H3,(H,17,18)(H,19,20). The van der Waals surface area contributed by atoms with Crippen LogP contribution in [-0.2, 0) is 17.6 Å². The zero-order chi connectivity index (χ0) is 15.8. The van der Waals surface area contributed by atoms with E-state index in [2.05, 4.69) is 19.2 Å². The van der Waals surface area contributed by atoms with Gasteiger partial charge in [-0.3, -0.25) is 4.79 Å². The van der Waals surface area contributed by atoms with Crippen molar-refractivity contribution in [2.45, 2.75) is 65.3 Å². The first-order valence-electron chi connectivity index (χ1n) is 7.68. The minimum atomic E-state index is -0.960. The molecule has 0 saturated carbocycles. The van der Waals surface area contributed by atoms with Gasteiger partial charge in [0.2, 0.25) is 0 Å². The number of hydrogen-bond donors (Lipinski definition) is 2. The maximum absolute atomic E-state index is 12.2. The molecule has 0 aromatic carbocycles. The van der Waals surface area contributed by atoms with Crippen molar-refractivity contribution in [3.05, 3.63) is 21.4 Å². The van der Waals surface area contributed by atoms with Crippen molar-refractivity contribution in [2.75, 3.05) is 0 Å². The van der Waals surface area contributed by atoms with Crippen molar-refractivity contribution in [3.63, 3.8) is 0 Å². The highest BCUT2D eigenvalue weighted by Crippen LogP contribution is 2.24. The molecule has 0 aliphatic heterocycles. The summed E-state index contributed by atoms with van der Waals surface area (Å²) in [5.41, 5.74) is 1.20. The van der Waals surface area contributed by atoms with E-state index in [1.165, 1.54) is 21.8 Å². The van der Waals surface area contributed by atoms with Gasteiger partial charge in [0.05, 0.1) is 4.88 Å². The first-order valence-corrected chi connectivity index (χ1v) is 8.50. The zero-order valence-electron chi connectivity index (χ0n) is 13.1. The molecule has 1 rings (SSSR count). The number of hydrogen-bond acceptors (Lipinski definition) is 3. The number of thiophene rings is 1. The Morgan fingerprint density at radius 1 is 1.29 bits per heavy atom.